The van der Waals surface area contributed by atoms with Gasteiger partial charge in [-0.15, -0.1) is 12.4 Å². The number of nitrogens with two attached hydrogens (primary N) is 1. The topological polar surface area (TPSA) is 64.9 Å². The predicted octanol–water partition coefficient (Wildman–Crippen LogP) is 2.22. The highest BCUT2D eigenvalue weighted by Gasteiger charge is 2.06. The second kappa shape index (κ2) is 6.37. The Morgan fingerprint density at radius 2 is 1.94 bits per heavy atom. The molecule has 5 heteroatoms. The third kappa shape index (κ3) is 3.28. The van der Waals surface area contributed by atoms with Crippen molar-refractivity contribution >= 4 is 12.4 Å². The zero-order valence-corrected chi connectivity index (χ0v) is 10.5. The molecule has 92 valence electrons. The lowest BCUT2D eigenvalue weighted by molar-refractivity contribution is 0.423. The molecule has 2 aromatic rings. The molecule has 2 rings (SSSR count). The summed E-state index contributed by atoms with van der Waals surface area (Å²) in [7, 11) is 0. The van der Waals surface area contributed by atoms with E-state index in [0.29, 0.717) is 12.4 Å². The maximum atomic E-state index is 5.49. The van der Waals surface area contributed by atoms with Gasteiger partial charge < -0.3 is 10.3 Å². The smallest absolute Gasteiger partial charge is 0.257 e. The molecule has 0 aliphatic rings. The van der Waals surface area contributed by atoms with E-state index in [1.54, 1.807) is 0 Å². The fraction of sp³-hybridized carbons (Fsp3) is 0.333. The van der Waals surface area contributed by atoms with Gasteiger partial charge in [0.05, 0.1) is 0 Å². The summed E-state index contributed by atoms with van der Waals surface area (Å²) in [5.41, 5.74) is 7.67. The van der Waals surface area contributed by atoms with Gasteiger partial charge in [-0.05, 0) is 30.7 Å². The van der Waals surface area contributed by atoms with E-state index >= 15 is 0 Å². The van der Waals surface area contributed by atoms with Crippen molar-refractivity contribution in [2.24, 2.45) is 5.73 Å². The molecule has 0 saturated carbocycles. The molecule has 1 aromatic carbocycles. The highest BCUT2D eigenvalue weighted by Crippen LogP contribution is 2.17. The van der Waals surface area contributed by atoms with Crippen LogP contribution in [0.2, 0.25) is 0 Å². The van der Waals surface area contributed by atoms with E-state index in [4.69, 9.17) is 10.3 Å². The minimum atomic E-state index is 0. The van der Waals surface area contributed by atoms with Gasteiger partial charge in [-0.25, -0.2) is 0 Å². The SMILES string of the molecule is CCc1noc(-c2ccc(CCN)cc2)n1.Cl. The van der Waals surface area contributed by atoms with Crippen LogP contribution in [0.15, 0.2) is 28.8 Å². The number of hydrogen-bond acceptors (Lipinski definition) is 4. The van der Waals surface area contributed by atoms with Crippen molar-refractivity contribution in [2.75, 3.05) is 6.54 Å². The normalized spacial score (nSPS) is 10.0. The van der Waals surface area contributed by atoms with Gasteiger partial charge in [-0.1, -0.05) is 24.2 Å². The molecule has 0 bridgehead atoms. The standard InChI is InChI=1S/C12H15N3O.ClH/c1-2-11-14-12(16-15-11)10-5-3-9(4-6-10)7-8-13;/h3-6H,2,7-8,13H2,1H3;1H. The van der Waals surface area contributed by atoms with Gasteiger partial charge in [0.1, 0.15) is 0 Å². The lowest BCUT2D eigenvalue weighted by Gasteiger charge is -1.98. The molecule has 0 spiro atoms. The van der Waals surface area contributed by atoms with Crippen molar-refractivity contribution in [1.82, 2.24) is 10.1 Å². The van der Waals surface area contributed by atoms with E-state index < -0.39 is 0 Å². The first-order valence-corrected chi connectivity index (χ1v) is 5.45. The lowest BCUT2D eigenvalue weighted by Crippen LogP contribution is -2.02. The molecule has 0 radical (unpaired) electrons. The van der Waals surface area contributed by atoms with E-state index in [-0.39, 0.29) is 12.4 Å². The highest BCUT2D eigenvalue weighted by molar-refractivity contribution is 5.85. The first-order valence-electron chi connectivity index (χ1n) is 5.45. The molecular formula is C12H16ClN3O. The first-order chi connectivity index (χ1) is 7.83. The lowest BCUT2D eigenvalue weighted by atomic mass is 10.1. The summed E-state index contributed by atoms with van der Waals surface area (Å²) in [4.78, 5) is 4.27. The number of aryl methyl sites for hydroxylation is 1. The summed E-state index contributed by atoms with van der Waals surface area (Å²) < 4.78 is 5.16. The van der Waals surface area contributed by atoms with Crippen LogP contribution in [-0.4, -0.2) is 16.7 Å². The molecule has 0 atom stereocenters. The number of nitrogens with zero attached hydrogens (tertiary/aromatic N) is 2. The number of hydrogen-bond donors (Lipinski definition) is 1. The van der Waals surface area contributed by atoms with Crippen LogP contribution < -0.4 is 5.73 Å². The van der Waals surface area contributed by atoms with Gasteiger partial charge in [-0.3, -0.25) is 0 Å². The second-order valence-corrected chi connectivity index (χ2v) is 3.60. The number of aromatic nitrogens is 2. The van der Waals surface area contributed by atoms with Crippen molar-refractivity contribution in [3.8, 4) is 11.5 Å². The van der Waals surface area contributed by atoms with Crippen LogP contribution in [0.5, 0.6) is 0 Å². The van der Waals surface area contributed by atoms with Gasteiger partial charge in [0.2, 0.25) is 0 Å². The van der Waals surface area contributed by atoms with Crippen LogP contribution in [0.25, 0.3) is 11.5 Å². The van der Waals surface area contributed by atoms with Gasteiger partial charge in [0.15, 0.2) is 5.82 Å². The van der Waals surface area contributed by atoms with Crippen LogP contribution in [0.4, 0.5) is 0 Å². The van der Waals surface area contributed by atoms with Gasteiger partial charge >= 0.3 is 0 Å². The van der Waals surface area contributed by atoms with Crippen LogP contribution in [-0.2, 0) is 12.8 Å². The second-order valence-electron chi connectivity index (χ2n) is 3.60. The summed E-state index contributed by atoms with van der Waals surface area (Å²) in [6, 6.07) is 8.05. The number of rotatable bonds is 4. The number of benzene rings is 1. The highest BCUT2D eigenvalue weighted by atomic mass is 35.5. The Bertz CT molecular complexity index is 453. The van der Waals surface area contributed by atoms with Crippen molar-refractivity contribution in [3.63, 3.8) is 0 Å². The van der Waals surface area contributed by atoms with E-state index in [1.165, 1.54) is 5.56 Å². The summed E-state index contributed by atoms with van der Waals surface area (Å²) >= 11 is 0. The van der Waals surface area contributed by atoms with Crippen molar-refractivity contribution in [2.45, 2.75) is 19.8 Å². The van der Waals surface area contributed by atoms with Crippen LogP contribution in [0.3, 0.4) is 0 Å². The maximum Gasteiger partial charge on any atom is 0.257 e. The van der Waals surface area contributed by atoms with Gasteiger partial charge in [0, 0.05) is 12.0 Å². The zero-order valence-electron chi connectivity index (χ0n) is 9.72. The summed E-state index contributed by atoms with van der Waals surface area (Å²) in [5.74, 6) is 1.32. The van der Waals surface area contributed by atoms with Crippen molar-refractivity contribution in [1.29, 1.82) is 0 Å². The summed E-state index contributed by atoms with van der Waals surface area (Å²) in [6.45, 7) is 2.67. The van der Waals surface area contributed by atoms with Crippen LogP contribution in [0.1, 0.15) is 18.3 Å². The average Bonchev–Trinajstić information content (AvgIpc) is 2.79. The molecule has 17 heavy (non-hydrogen) atoms. The third-order valence-electron chi connectivity index (χ3n) is 2.42. The Morgan fingerprint density at radius 3 is 2.47 bits per heavy atom. The quantitative estimate of drug-likeness (QED) is 0.908. The monoisotopic (exact) mass is 253 g/mol. The molecular weight excluding hydrogens is 238 g/mol. The largest absolute Gasteiger partial charge is 0.334 e. The molecule has 0 aliphatic carbocycles. The minimum absolute atomic E-state index is 0. The molecule has 0 amide bonds. The van der Waals surface area contributed by atoms with Crippen molar-refractivity contribution < 1.29 is 4.52 Å². The Balaban J connectivity index is 0.00000144. The third-order valence-corrected chi connectivity index (χ3v) is 2.42. The number of halogens is 1. The Kier molecular flexibility index (Phi) is 5.12. The maximum absolute atomic E-state index is 5.49. The van der Waals surface area contributed by atoms with E-state index in [9.17, 15) is 0 Å². The summed E-state index contributed by atoms with van der Waals surface area (Å²) in [6.07, 6.45) is 1.68. The first kappa shape index (κ1) is 13.7. The minimum Gasteiger partial charge on any atom is -0.334 e. The molecule has 0 fully saturated rings. The molecule has 0 saturated heterocycles. The zero-order chi connectivity index (χ0) is 11.4. The molecule has 4 nitrogen and oxygen atoms in total. The van der Waals surface area contributed by atoms with E-state index in [1.807, 2.05) is 31.2 Å². The Hall–Kier alpha value is -1.39. The molecule has 1 aromatic heterocycles. The van der Waals surface area contributed by atoms with Crippen molar-refractivity contribution in [3.05, 3.63) is 35.7 Å². The van der Waals surface area contributed by atoms with Gasteiger partial charge in [0.25, 0.3) is 5.89 Å². The Labute approximate surface area is 107 Å². The summed E-state index contributed by atoms with van der Waals surface area (Å²) in [5, 5.41) is 3.86. The van der Waals surface area contributed by atoms with Crippen LogP contribution >= 0.6 is 12.4 Å². The predicted molar refractivity (Wildman–Crippen MR) is 69.1 cm³/mol. The van der Waals surface area contributed by atoms with Crippen LogP contribution in [0, 0.1) is 0 Å². The fourth-order valence-corrected chi connectivity index (χ4v) is 1.50. The fourth-order valence-electron chi connectivity index (χ4n) is 1.50. The average molecular weight is 254 g/mol. The van der Waals surface area contributed by atoms with Gasteiger partial charge in [-0.2, -0.15) is 4.98 Å². The Morgan fingerprint density at radius 1 is 1.24 bits per heavy atom. The van der Waals surface area contributed by atoms with E-state index in [0.717, 1.165) is 24.2 Å². The molecule has 0 unspecified atom stereocenters. The molecule has 0 aliphatic heterocycles. The van der Waals surface area contributed by atoms with E-state index in [2.05, 4.69) is 10.1 Å². The molecule has 1 heterocycles. The molecule has 2 N–H and O–H groups in total.